The molecule has 0 atom stereocenters. The molecule has 0 bridgehead atoms. The number of aromatic nitrogens is 1. The topological polar surface area (TPSA) is 63.7 Å². The number of nitrogens with one attached hydrogen (secondary N) is 1. The maximum atomic E-state index is 12.2. The minimum Gasteiger partial charge on any atom is -0.493 e. The third-order valence-electron chi connectivity index (χ3n) is 4.43. The number of amides is 1. The summed E-state index contributed by atoms with van der Waals surface area (Å²) in [5, 5.41) is 2.91. The molecule has 1 amide bonds. The van der Waals surface area contributed by atoms with Gasteiger partial charge in [0.2, 0.25) is 0 Å². The number of ether oxygens (including phenoxy) is 2. The molecule has 2 heterocycles. The normalized spacial score (nSPS) is 14.0. The predicted octanol–water partition coefficient (Wildman–Crippen LogP) is 2.78. The zero-order valence-electron chi connectivity index (χ0n) is 15.1. The van der Waals surface area contributed by atoms with Crippen LogP contribution in [0.3, 0.4) is 0 Å². The fourth-order valence-electron chi connectivity index (χ4n) is 3.08. The fraction of sp³-hybridized carbons (Fsp3) is 0.400. The molecule has 1 saturated heterocycles. The zero-order chi connectivity index (χ0) is 18.2. The number of rotatable bonds is 7. The van der Waals surface area contributed by atoms with Gasteiger partial charge in [0.1, 0.15) is 5.82 Å². The van der Waals surface area contributed by atoms with E-state index in [-0.39, 0.29) is 12.5 Å². The van der Waals surface area contributed by atoms with Crippen LogP contribution >= 0.6 is 0 Å². The largest absolute Gasteiger partial charge is 0.493 e. The van der Waals surface area contributed by atoms with Gasteiger partial charge in [-0.3, -0.25) is 4.79 Å². The lowest BCUT2D eigenvalue weighted by Crippen LogP contribution is -2.33. The highest BCUT2D eigenvalue weighted by Crippen LogP contribution is 2.25. The maximum Gasteiger partial charge on any atom is 0.258 e. The SMILES string of the molecule is COc1ccccc1OCC(=O)NCc1cccnc1N1CCCCC1. The number of piperidine rings is 1. The van der Waals surface area contributed by atoms with Crippen LogP contribution in [-0.4, -0.2) is 37.7 Å². The van der Waals surface area contributed by atoms with Crippen LogP contribution in [0.2, 0.25) is 0 Å². The molecule has 26 heavy (non-hydrogen) atoms. The van der Waals surface area contributed by atoms with E-state index in [1.807, 2.05) is 24.3 Å². The van der Waals surface area contributed by atoms with Crippen LogP contribution in [0, 0.1) is 0 Å². The molecule has 6 nitrogen and oxygen atoms in total. The van der Waals surface area contributed by atoms with Crippen LogP contribution in [0.4, 0.5) is 5.82 Å². The summed E-state index contributed by atoms with van der Waals surface area (Å²) in [6, 6.07) is 11.2. The molecule has 1 aliphatic heterocycles. The average Bonchev–Trinajstić information content (AvgIpc) is 2.71. The lowest BCUT2D eigenvalue weighted by atomic mass is 10.1. The Balaban J connectivity index is 1.55. The van der Waals surface area contributed by atoms with E-state index < -0.39 is 0 Å². The standard InChI is InChI=1S/C20H25N3O3/c1-25-17-9-3-4-10-18(17)26-15-19(24)22-14-16-8-7-11-21-20(16)23-12-5-2-6-13-23/h3-4,7-11H,2,5-6,12-15H2,1H3,(H,22,24). The van der Waals surface area contributed by atoms with Crippen molar-refractivity contribution in [3.05, 3.63) is 48.2 Å². The molecule has 1 aromatic heterocycles. The number of carbonyl (C=O) groups excluding carboxylic acids is 1. The first kappa shape index (κ1) is 18.0. The van der Waals surface area contributed by atoms with E-state index in [9.17, 15) is 4.79 Å². The number of para-hydroxylation sites is 2. The Bertz CT molecular complexity index is 730. The Kier molecular flexibility index (Phi) is 6.30. The number of anilines is 1. The highest BCUT2D eigenvalue weighted by Gasteiger charge is 2.16. The molecule has 138 valence electrons. The van der Waals surface area contributed by atoms with Crippen LogP contribution in [0.25, 0.3) is 0 Å². The van der Waals surface area contributed by atoms with Gasteiger partial charge in [-0.25, -0.2) is 4.98 Å². The first-order chi connectivity index (χ1) is 12.8. The van der Waals surface area contributed by atoms with Gasteiger partial charge in [-0.15, -0.1) is 0 Å². The molecule has 1 aromatic carbocycles. The predicted molar refractivity (Wildman–Crippen MR) is 101 cm³/mol. The Labute approximate surface area is 154 Å². The molecular weight excluding hydrogens is 330 g/mol. The summed E-state index contributed by atoms with van der Waals surface area (Å²) >= 11 is 0. The van der Waals surface area contributed by atoms with Crippen LogP contribution in [0.15, 0.2) is 42.6 Å². The number of pyridine rings is 1. The Hall–Kier alpha value is -2.76. The van der Waals surface area contributed by atoms with Crippen molar-refractivity contribution in [3.63, 3.8) is 0 Å². The van der Waals surface area contributed by atoms with Crippen LogP contribution in [-0.2, 0) is 11.3 Å². The van der Waals surface area contributed by atoms with Crippen molar-refractivity contribution < 1.29 is 14.3 Å². The number of nitrogens with zero attached hydrogens (tertiary/aromatic N) is 2. The summed E-state index contributed by atoms with van der Waals surface area (Å²) in [6.07, 6.45) is 5.46. The summed E-state index contributed by atoms with van der Waals surface area (Å²) in [5.74, 6) is 1.96. The van der Waals surface area contributed by atoms with E-state index in [1.165, 1.54) is 19.3 Å². The lowest BCUT2D eigenvalue weighted by Gasteiger charge is -2.29. The first-order valence-corrected chi connectivity index (χ1v) is 8.99. The summed E-state index contributed by atoms with van der Waals surface area (Å²) in [5.41, 5.74) is 1.03. The molecule has 6 heteroatoms. The molecule has 1 aliphatic rings. The molecule has 0 radical (unpaired) electrons. The van der Waals surface area contributed by atoms with Crippen molar-refractivity contribution in [2.24, 2.45) is 0 Å². The molecule has 3 rings (SSSR count). The van der Waals surface area contributed by atoms with Gasteiger partial charge in [-0.05, 0) is 37.5 Å². The van der Waals surface area contributed by atoms with Crippen molar-refractivity contribution in [3.8, 4) is 11.5 Å². The minimum absolute atomic E-state index is 0.0559. The summed E-state index contributed by atoms with van der Waals surface area (Å²) in [6.45, 7) is 2.43. The average molecular weight is 355 g/mol. The van der Waals surface area contributed by atoms with Gasteiger partial charge in [0.15, 0.2) is 18.1 Å². The van der Waals surface area contributed by atoms with E-state index in [4.69, 9.17) is 9.47 Å². The Morgan fingerprint density at radius 2 is 1.88 bits per heavy atom. The monoisotopic (exact) mass is 355 g/mol. The highest BCUT2D eigenvalue weighted by atomic mass is 16.5. The Morgan fingerprint density at radius 3 is 2.65 bits per heavy atom. The molecule has 0 spiro atoms. The van der Waals surface area contributed by atoms with Crippen molar-refractivity contribution in [2.45, 2.75) is 25.8 Å². The molecular formula is C20H25N3O3. The third kappa shape index (κ3) is 4.65. The summed E-state index contributed by atoms with van der Waals surface area (Å²) in [7, 11) is 1.58. The highest BCUT2D eigenvalue weighted by molar-refractivity contribution is 5.77. The van der Waals surface area contributed by atoms with Crippen molar-refractivity contribution in [1.82, 2.24) is 10.3 Å². The van der Waals surface area contributed by atoms with Gasteiger partial charge in [0, 0.05) is 31.4 Å². The lowest BCUT2D eigenvalue weighted by molar-refractivity contribution is -0.123. The molecule has 1 N–H and O–H groups in total. The first-order valence-electron chi connectivity index (χ1n) is 8.99. The third-order valence-corrected chi connectivity index (χ3v) is 4.43. The fourth-order valence-corrected chi connectivity index (χ4v) is 3.08. The van der Waals surface area contributed by atoms with Gasteiger partial charge in [-0.1, -0.05) is 18.2 Å². The van der Waals surface area contributed by atoms with Gasteiger partial charge in [0.25, 0.3) is 5.91 Å². The van der Waals surface area contributed by atoms with E-state index >= 15 is 0 Å². The van der Waals surface area contributed by atoms with Crippen LogP contribution < -0.4 is 19.7 Å². The number of methoxy groups -OCH3 is 1. The van der Waals surface area contributed by atoms with E-state index in [0.717, 1.165) is 24.5 Å². The summed E-state index contributed by atoms with van der Waals surface area (Å²) < 4.78 is 10.8. The maximum absolute atomic E-state index is 12.2. The van der Waals surface area contributed by atoms with Gasteiger partial charge in [-0.2, -0.15) is 0 Å². The zero-order valence-corrected chi connectivity index (χ0v) is 15.1. The number of hydrogen-bond donors (Lipinski definition) is 1. The van der Waals surface area contributed by atoms with Gasteiger partial charge in [0.05, 0.1) is 7.11 Å². The second-order valence-corrected chi connectivity index (χ2v) is 6.25. The molecule has 1 fully saturated rings. The smallest absolute Gasteiger partial charge is 0.258 e. The second-order valence-electron chi connectivity index (χ2n) is 6.25. The molecule has 2 aromatic rings. The van der Waals surface area contributed by atoms with Crippen LogP contribution in [0.5, 0.6) is 11.5 Å². The molecule has 0 aliphatic carbocycles. The number of benzene rings is 1. The van der Waals surface area contributed by atoms with Crippen LogP contribution in [0.1, 0.15) is 24.8 Å². The second kappa shape index (κ2) is 9.08. The molecule has 0 unspecified atom stereocenters. The van der Waals surface area contributed by atoms with E-state index in [2.05, 4.69) is 15.2 Å². The van der Waals surface area contributed by atoms with E-state index in [1.54, 1.807) is 25.4 Å². The van der Waals surface area contributed by atoms with Crippen molar-refractivity contribution in [1.29, 1.82) is 0 Å². The summed E-state index contributed by atoms with van der Waals surface area (Å²) in [4.78, 5) is 19.0. The molecule has 0 saturated carbocycles. The van der Waals surface area contributed by atoms with Crippen molar-refractivity contribution >= 4 is 11.7 Å². The Morgan fingerprint density at radius 1 is 1.12 bits per heavy atom. The number of carbonyl (C=O) groups is 1. The van der Waals surface area contributed by atoms with E-state index in [0.29, 0.717) is 18.0 Å². The quantitative estimate of drug-likeness (QED) is 0.827. The minimum atomic E-state index is -0.177. The van der Waals surface area contributed by atoms with Gasteiger partial charge >= 0.3 is 0 Å². The number of hydrogen-bond acceptors (Lipinski definition) is 5. The van der Waals surface area contributed by atoms with Crippen molar-refractivity contribution in [2.75, 3.05) is 31.7 Å². The van der Waals surface area contributed by atoms with Gasteiger partial charge < -0.3 is 19.7 Å².